The van der Waals surface area contributed by atoms with Gasteiger partial charge in [-0.25, -0.2) is 0 Å². The van der Waals surface area contributed by atoms with E-state index in [1.807, 2.05) is 0 Å². The van der Waals surface area contributed by atoms with Crippen molar-refractivity contribution in [1.29, 1.82) is 0 Å². The van der Waals surface area contributed by atoms with E-state index in [9.17, 15) is 0 Å². The summed E-state index contributed by atoms with van der Waals surface area (Å²) in [5.41, 5.74) is 3.08. The van der Waals surface area contributed by atoms with Crippen LogP contribution >= 0.6 is 0 Å². The monoisotopic (exact) mass is 151 g/mol. The average molecular weight is 151 g/mol. The van der Waals surface area contributed by atoms with Crippen LogP contribution in [0.2, 0.25) is 0 Å². The molecule has 0 saturated heterocycles. The number of hydrogen-bond acceptors (Lipinski definition) is 1. The Morgan fingerprint density at radius 1 is 1.55 bits per heavy atom. The van der Waals surface area contributed by atoms with Crippen LogP contribution in [0.3, 0.4) is 0 Å². The molecular weight excluding hydrogens is 134 g/mol. The number of allylic oxidation sites excluding steroid dienone is 2. The van der Waals surface area contributed by atoms with E-state index in [0.717, 1.165) is 6.54 Å². The van der Waals surface area contributed by atoms with Crippen LogP contribution in [-0.2, 0) is 0 Å². The average Bonchev–Trinajstić information content (AvgIpc) is 2.04. The third-order valence-electron chi connectivity index (χ3n) is 2.15. The molecule has 1 heterocycles. The van der Waals surface area contributed by atoms with E-state index < -0.39 is 0 Å². The Hall–Kier alpha value is -0.720. The van der Waals surface area contributed by atoms with Crippen molar-refractivity contribution in [2.75, 3.05) is 6.54 Å². The molecule has 0 unspecified atom stereocenters. The van der Waals surface area contributed by atoms with Gasteiger partial charge in [-0.05, 0) is 35.8 Å². The smallest absolute Gasteiger partial charge is 0.0360 e. The quantitative estimate of drug-likeness (QED) is 0.639. The predicted molar refractivity (Wildman–Crippen MR) is 49.3 cm³/mol. The molecule has 1 rings (SSSR count). The summed E-state index contributed by atoms with van der Waals surface area (Å²) in [7, 11) is 0. The fraction of sp³-hybridized carbons (Fsp3) is 0.600. The molecule has 0 spiro atoms. The molecule has 62 valence electrons. The Labute approximate surface area is 69.2 Å². The van der Waals surface area contributed by atoms with Gasteiger partial charge in [0.1, 0.15) is 0 Å². The molecule has 11 heavy (non-hydrogen) atoms. The standard InChI is InChI=1S/C10H17N/c1-4-9-7-11-6-5-10(9)8(2)3/h5-6,8,11H,4,7H2,1-3H3. The Morgan fingerprint density at radius 3 is 2.73 bits per heavy atom. The topological polar surface area (TPSA) is 12.0 Å². The Balaban J connectivity index is 2.83. The minimum Gasteiger partial charge on any atom is -0.387 e. The number of dihydropyridines is 1. The van der Waals surface area contributed by atoms with Gasteiger partial charge in [-0.15, -0.1) is 0 Å². The minimum atomic E-state index is 0.670. The lowest BCUT2D eigenvalue weighted by molar-refractivity contribution is 0.735. The molecule has 0 bridgehead atoms. The molecule has 1 aliphatic rings. The highest BCUT2D eigenvalue weighted by Crippen LogP contribution is 2.20. The summed E-state index contributed by atoms with van der Waals surface area (Å²) in [5, 5.41) is 3.23. The van der Waals surface area contributed by atoms with E-state index in [2.05, 4.69) is 38.4 Å². The van der Waals surface area contributed by atoms with Crippen LogP contribution in [0.25, 0.3) is 0 Å². The van der Waals surface area contributed by atoms with Crippen molar-refractivity contribution in [2.24, 2.45) is 5.92 Å². The van der Waals surface area contributed by atoms with Gasteiger partial charge in [0.25, 0.3) is 0 Å². The highest BCUT2D eigenvalue weighted by Gasteiger charge is 2.08. The molecule has 1 N–H and O–H groups in total. The summed E-state index contributed by atoms with van der Waals surface area (Å²) in [6, 6.07) is 0. The number of rotatable bonds is 2. The fourth-order valence-electron chi connectivity index (χ4n) is 1.48. The van der Waals surface area contributed by atoms with Gasteiger partial charge in [0.05, 0.1) is 0 Å². The minimum absolute atomic E-state index is 0.670. The molecule has 1 nitrogen and oxygen atoms in total. The summed E-state index contributed by atoms with van der Waals surface area (Å²) < 4.78 is 0. The van der Waals surface area contributed by atoms with Gasteiger partial charge in [-0.1, -0.05) is 20.8 Å². The molecule has 0 radical (unpaired) electrons. The zero-order valence-electron chi connectivity index (χ0n) is 7.65. The highest BCUT2D eigenvalue weighted by atomic mass is 14.8. The maximum atomic E-state index is 3.23. The van der Waals surface area contributed by atoms with Crippen molar-refractivity contribution in [3.8, 4) is 0 Å². The van der Waals surface area contributed by atoms with Crippen LogP contribution < -0.4 is 5.32 Å². The molecule has 1 aliphatic heterocycles. The Kier molecular flexibility index (Phi) is 2.75. The zero-order chi connectivity index (χ0) is 8.27. The van der Waals surface area contributed by atoms with Crippen molar-refractivity contribution in [3.63, 3.8) is 0 Å². The molecule has 0 aromatic carbocycles. The van der Waals surface area contributed by atoms with Crippen LogP contribution in [0, 0.1) is 5.92 Å². The van der Waals surface area contributed by atoms with Crippen molar-refractivity contribution in [1.82, 2.24) is 5.32 Å². The Morgan fingerprint density at radius 2 is 2.27 bits per heavy atom. The molecule has 1 heteroatoms. The van der Waals surface area contributed by atoms with E-state index in [1.54, 1.807) is 5.57 Å². The third kappa shape index (κ3) is 1.86. The van der Waals surface area contributed by atoms with E-state index in [-0.39, 0.29) is 0 Å². The van der Waals surface area contributed by atoms with Crippen molar-refractivity contribution in [3.05, 3.63) is 23.4 Å². The van der Waals surface area contributed by atoms with Gasteiger partial charge in [-0.2, -0.15) is 0 Å². The summed E-state index contributed by atoms with van der Waals surface area (Å²) in [6.45, 7) is 7.76. The van der Waals surface area contributed by atoms with Gasteiger partial charge in [0, 0.05) is 6.54 Å². The lowest BCUT2D eigenvalue weighted by Crippen LogP contribution is -2.16. The SMILES string of the molecule is CCC1=C(C(C)C)C=CNC1. The summed E-state index contributed by atoms with van der Waals surface area (Å²) >= 11 is 0. The van der Waals surface area contributed by atoms with Gasteiger partial charge in [0.2, 0.25) is 0 Å². The first-order valence-corrected chi connectivity index (χ1v) is 4.37. The molecule has 0 fully saturated rings. The lowest BCUT2D eigenvalue weighted by Gasteiger charge is -2.18. The summed E-state index contributed by atoms with van der Waals surface area (Å²) in [4.78, 5) is 0. The van der Waals surface area contributed by atoms with Crippen LogP contribution in [0.15, 0.2) is 23.4 Å². The van der Waals surface area contributed by atoms with Gasteiger partial charge >= 0.3 is 0 Å². The molecule has 0 aliphatic carbocycles. The van der Waals surface area contributed by atoms with Crippen molar-refractivity contribution in [2.45, 2.75) is 27.2 Å². The third-order valence-corrected chi connectivity index (χ3v) is 2.15. The zero-order valence-corrected chi connectivity index (χ0v) is 7.65. The summed E-state index contributed by atoms with van der Waals surface area (Å²) in [6.07, 6.45) is 5.42. The second kappa shape index (κ2) is 3.61. The van der Waals surface area contributed by atoms with E-state index in [4.69, 9.17) is 0 Å². The molecule has 0 atom stereocenters. The first-order valence-electron chi connectivity index (χ1n) is 4.37. The molecule has 0 aromatic heterocycles. The molecule has 0 amide bonds. The molecule has 0 saturated carbocycles. The Bertz CT molecular complexity index is 187. The largest absolute Gasteiger partial charge is 0.387 e. The summed E-state index contributed by atoms with van der Waals surface area (Å²) in [5.74, 6) is 0.670. The van der Waals surface area contributed by atoms with Gasteiger partial charge < -0.3 is 5.32 Å². The van der Waals surface area contributed by atoms with Crippen LogP contribution in [-0.4, -0.2) is 6.54 Å². The second-order valence-corrected chi connectivity index (χ2v) is 3.28. The maximum absolute atomic E-state index is 3.23. The van der Waals surface area contributed by atoms with Crippen molar-refractivity contribution >= 4 is 0 Å². The van der Waals surface area contributed by atoms with Crippen LogP contribution in [0.4, 0.5) is 0 Å². The van der Waals surface area contributed by atoms with Crippen LogP contribution in [0.1, 0.15) is 27.2 Å². The number of nitrogens with one attached hydrogen (secondary N) is 1. The van der Waals surface area contributed by atoms with E-state index >= 15 is 0 Å². The van der Waals surface area contributed by atoms with E-state index in [0.29, 0.717) is 5.92 Å². The maximum Gasteiger partial charge on any atom is 0.0360 e. The van der Waals surface area contributed by atoms with Gasteiger partial charge in [-0.3, -0.25) is 0 Å². The lowest BCUT2D eigenvalue weighted by atomic mass is 9.94. The predicted octanol–water partition coefficient (Wildman–Crippen LogP) is 2.47. The normalized spacial score (nSPS) is 17.5. The van der Waals surface area contributed by atoms with Crippen molar-refractivity contribution < 1.29 is 0 Å². The first kappa shape index (κ1) is 8.38. The van der Waals surface area contributed by atoms with Gasteiger partial charge in [0.15, 0.2) is 0 Å². The fourth-order valence-corrected chi connectivity index (χ4v) is 1.48. The molecular formula is C10H17N. The second-order valence-electron chi connectivity index (χ2n) is 3.28. The molecule has 0 aromatic rings. The first-order chi connectivity index (χ1) is 5.25. The highest BCUT2D eigenvalue weighted by molar-refractivity contribution is 5.31. The number of hydrogen-bond donors (Lipinski definition) is 1. The van der Waals surface area contributed by atoms with Crippen LogP contribution in [0.5, 0.6) is 0 Å². The van der Waals surface area contributed by atoms with E-state index in [1.165, 1.54) is 12.0 Å².